The third kappa shape index (κ3) is 4.50. The molecule has 0 spiro atoms. The average Bonchev–Trinajstić information content (AvgIpc) is 2.25. The number of benzene rings is 1. The minimum absolute atomic E-state index is 0.251. The lowest BCUT2D eigenvalue weighted by molar-refractivity contribution is 0.474. The minimum atomic E-state index is -0.852. The average molecular weight is 221 g/mol. The van der Waals surface area contributed by atoms with E-state index in [4.69, 9.17) is 0 Å². The summed E-state index contributed by atoms with van der Waals surface area (Å²) in [6, 6.07) is 7.10. The number of aromatic hydroxyl groups is 1. The lowest BCUT2D eigenvalue weighted by Gasteiger charge is -1.95. The Balaban J connectivity index is 2.41. The standard InChI is InChI=1S/C10H15N3OSi/c1-2-7-11-13-15-12-8-9-5-3-4-6-10(9)14/h3-6,8,14H,2,7,15H2,1H3. The summed E-state index contributed by atoms with van der Waals surface area (Å²) in [5, 5.41) is 13.4. The number of hydrogen-bond donors (Lipinski definition) is 1. The van der Waals surface area contributed by atoms with E-state index in [9.17, 15) is 5.11 Å². The van der Waals surface area contributed by atoms with Crippen molar-refractivity contribution in [2.24, 2.45) is 14.6 Å². The number of para-hydroxylation sites is 1. The van der Waals surface area contributed by atoms with Crippen LogP contribution in [0.1, 0.15) is 18.9 Å². The highest BCUT2D eigenvalue weighted by atomic mass is 28.2. The third-order valence-electron chi connectivity index (χ3n) is 1.74. The third-order valence-corrected chi connectivity index (χ3v) is 2.41. The molecule has 0 radical (unpaired) electrons. The SMILES string of the molecule is CCCN=N[SiH2]N=Cc1ccccc1O. The highest BCUT2D eigenvalue weighted by Gasteiger charge is 1.93. The maximum absolute atomic E-state index is 9.42. The predicted octanol–water partition coefficient (Wildman–Crippen LogP) is 1.67. The first kappa shape index (κ1) is 11.6. The van der Waals surface area contributed by atoms with Gasteiger partial charge in [-0.25, -0.2) is 9.89 Å². The maximum Gasteiger partial charge on any atom is 0.297 e. The molecule has 0 saturated heterocycles. The van der Waals surface area contributed by atoms with E-state index in [0.717, 1.165) is 18.5 Å². The Labute approximate surface area is 91.8 Å². The van der Waals surface area contributed by atoms with E-state index < -0.39 is 9.84 Å². The van der Waals surface area contributed by atoms with E-state index in [1.54, 1.807) is 18.3 Å². The fourth-order valence-corrected chi connectivity index (χ4v) is 1.57. The van der Waals surface area contributed by atoms with Crippen LogP contribution in [-0.4, -0.2) is 27.7 Å². The van der Waals surface area contributed by atoms with Gasteiger partial charge in [-0.3, -0.25) is 0 Å². The van der Waals surface area contributed by atoms with Crippen LogP contribution in [0.3, 0.4) is 0 Å². The summed E-state index contributed by atoms with van der Waals surface area (Å²) in [5.41, 5.74) is 0.732. The van der Waals surface area contributed by atoms with Gasteiger partial charge in [-0.05, 0) is 18.6 Å². The van der Waals surface area contributed by atoms with Gasteiger partial charge in [-0.2, -0.15) is 0 Å². The minimum Gasteiger partial charge on any atom is -0.507 e. The van der Waals surface area contributed by atoms with Crippen molar-refractivity contribution in [2.45, 2.75) is 13.3 Å². The van der Waals surface area contributed by atoms with Crippen LogP contribution in [-0.2, 0) is 0 Å². The molecule has 0 heterocycles. The first-order valence-corrected chi connectivity index (χ1v) is 6.22. The summed E-state index contributed by atoms with van der Waals surface area (Å²) < 4.78 is 8.16. The van der Waals surface area contributed by atoms with E-state index in [1.165, 1.54) is 0 Å². The van der Waals surface area contributed by atoms with Crippen LogP contribution < -0.4 is 0 Å². The largest absolute Gasteiger partial charge is 0.507 e. The van der Waals surface area contributed by atoms with E-state index in [0.29, 0.717) is 0 Å². The van der Waals surface area contributed by atoms with Crippen molar-refractivity contribution in [3.05, 3.63) is 29.8 Å². The summed E-state index contributed by atoms with van der Waals surface area (Å²) in [4.78, 5) is 0. The first-order valence-electron chi connectivity index (χ1n) is 4.95. The van der Waals surface area contributed by atoms with Crippen LogP contribution >= 0.6 is 0 Å². The Bertz CT molecular complexity index is 352. The Kier molecular flexibility index (Phi) is 5.32. The Morgan fingerprint density at radius 2 is 2.20 bits per heavy atom. The Hall–Kier alpha value is -1.49. The van der Waals surface area contributed by atoms with Gasteiger partial charge in [-0.1, -0.05) is 19.1 Å². The summed E-state index contributed by atoms with van der Waals surface area (Å²) in [6.45, 7) is 2.84. The number of phenols is 1. The van der Waals surface area contributed by atoms with Crippen LogP contribution in [0, 0.1) is 0 Å². The molecule has 1 rings (SSSR count). The van der Waals surface area contributed by atoms with Crippen molar-refractivity contribution in [2.75, 3.05) is 6.54 Å². The van der Waals surface area contributed by atoms with Gasteiger partial charge in [0.25, 0.3) is 9.84 Å². The molecule has 5 heteroatoms. The predicted molar refractivity (Wildman–Crippen MR) is 64.3 cm³/mol. The zero-order valence-electron chi connectivity index (χ0n) is 8.80. The van der Waals surface area contributed by atoms with Gasteiger partial charge in [-0.15, -0.1) is 0 Å². The molecule has 80 valence electrons. The fourth-order valence-electron chi connectivity index (χ4n) is 0.988. The quantitative estimate of drug-likeness (QED) is 0.459. The molecule has 0 aromatic heterocycles. The summed E-state index contributed by atoms with van der Waals surface area (Å²) in [7, 11) is -0.852. The molecule has 15 heavy (non-hydrogen) atoms. The molecule has 0 aliphatic heterocycles. The molecule has 0 aliphatic carbocycles. The molecule has 1 N–H and O–H groups in total. The lowest BCUT2D eigenvalue weighted by atomic mass is 10.2. The Morgan fingerprint density at radius 3 is 2.93 bits per heavy atom. The number of hydrogen-bond acceptors (Lipinski definition) is 4. The molecular formula is C10H15N3OSi. The molecule has 4 nitrogen and oxygen atoms in total. The second-order valence-corrected chi connectivity index (χ2v) is 3.95. The monoisotopic (exact) mass is 221 g/mol. The van der Waals surface area contributed by atoms with E-state index in [2.05, 4.69) is 21.5 Å². The molecule has 1 aromatic rings. The molecule has 0 bridgehead atoms. The van der Waals surface area contributed by atoms with Crippen molar-refractivity contribution < 1.29 is 5.11 Å². The van der Waals surface area contributed by atoms with E-state index >= 15 is 0 Å². The number of nitrogens with zero attached hydrogens (tertiary/aromatic N) is 3. The fraction of sp³-hybridized carbons (Fsp3) is 0.300. The molecule has 1 aromatic carbocycles. The van der Waals surface area contributed by atoms with Gasteiger partial charge in [0, 0.05) is 11.8 Å². The smallest absolute Gasteiger partial charge is 0.297 e. The van der Waals surface area contributed by atoms with Crippen molar-refractivity contribution in [1.82, 2.24) is 0 Å². The van der Waals surface area contributed by atoms with Crippen molar-refractivity contribution in [3.8, 4) is 5.75 Å². The summed E-state index contributed by atoms with van der Waals surface area (Å²) >= 11 is 0. The molecule has 0 aliphatic rings. The maximum atomic E-state index is 9.42. The van der Waals surface area contributed by atoms with Gasteiger partial charge in [0.1, 0.15) is 5.75 Å². The highest BCUT2D eigenvalue weighted by molar-refractivity contribution is 6.32. The second kappa shape index (κ2) is 6.89. The van der Waals surface area contributed by atoms with Crippen LogP contribution in [0.5, 0.6) is 5.75 Å². The number of phenolic OH excluding ortho intramolecular Hbond substituents is 1. The topological polar surface area (TPSA) is 57.3 Å². The van der Waals surface area contributed by atoms with E-state index in [1.807, 2.05) is 12.1 Å². The second-order valence-electron chi connectivity index (χ2n) is 3.02. The molecule has 0 fully saturated rings. The molecule has 0 saturated carbocycles. The normalized spacial score (nSPS) is 12.3. The summed E-state index contributed by atoms with van der Waals surface area (Å²) in [5.74, 6) is 0.251. The van der Waals surface area contributed by atoms with Crippen LogP contribution in [0.4, 0.5) is 0 Å². The van der Waals surface area contributed by atoms with Gasteiger partial charge >= 0.3 is 0 Å². The van der Waals surface area contributed by atoms with Gasteiger partial charge in [0.2, 0.25) is 0 Å². The Morgan fingerprint density at radius 1 is 1.40 bits per heavy atom. The zero-order chi connectivity index (χ0) is 10.9. The van der Waals surface area contributed by atoms with Gasteiger partial charge in [0.05, 0.1) is 6.54 Å². The van der Waals surface area contributed by atoms with Crippen LogP contribution in [0.25, 0.3) is 0 Å². The van der Waals surface area contributed by atoms with E-state index in [-0.39, 0.29) is 5.75 Å². The lowest BCUT2D eigenvalue weighted by Crippen LogP contribution is -1.85. The van der Waals surface area contributed by atoms with Crippen molar-refractivity contribution in [3.63, 3.8) is 0 Å². The zero-order valence-corrected chi connectivity index (χ0v) is 10.2. The molecule has 0 amide bonds. The molecule has 0 unspecified atom stereocenters. The van der Waals surface area contributed by atoms with Gasteiger partial charge in [0.15, 0.2) is 0 Å². The van der Waals surface area contributed by atoms with Crippen molar-refractivity contribution in [1.29, 1.82) is 0 Å². The van der Waals surface area contributed by atoms with Crippen LogP contribution in [0.2, 0.25) is 0 Å². The summed E-state index contributed by atoms with van der Waals surface area (Å²) in [6.07, 6.45) is 2.67. The van der Waals surface area contributed by atoms with Gasteiger partial charge < -0.3 is 9.76 Å². The number of rotatable bonds is 5. The molecule has 0 atom stereocenters. The van der Waals surface area contributed by atoms with Crippen molar-refractivity contribution >= 4 is 16.1 Å². The molecular weight excluding hydrogens is 206 g/mol. The first-order chi connectivity index (χ1) is 7.34. The highest BCUT2D eigenvalue weighted by Crippen LogP contribution is 2.12. The van der Waals surface area contributed by atoms with Crippen LogP contribution in [0.15, 0.2) is 38.8 Å².